The molecule has 0 aromatic carbocycles. The lowest BCUT2D eigenvalue weighted by atomic mass is 10.0. The maximum Gasteiger partial charge on any atom is 0.385 e. The van der Waals surface area contributed by atoms with Crippen molar-refractivity contribution >= 4 is 7.60 Å². The van der Waals surface area contributed by atoms with Gasteiger partial charge in [-0.15, -0.1) is 0 Å². The summed E-state index contributed by atoms with van der Waals surface area (Å²) in [7, 11) is 2.33. The first-order valence-corrected chi connectivity index (χ1v) is 17.3. The highest BCUT2D eigenvalue weighted by Crippen LogP contribution is 2.51. The Morgan fingerprint density at radius 3 is 1.42 bits per heavy atom. The molecule has 5 heteroatoms. The molecule has 0 amide bonds. The second-order valence-corrected chi connectivity index (χ2v) is 13.8. The van der Waals surface area contributed by atoms with Crippen LogP contribution >= 0.6 is 7.60 Å². The molecule has 36 heavy (non-hydrogen) atoms. The molecule has 0 spiro atoms. The molecule has 0 saturated heterocycles. The number of rotatable bonds is 27. The van der Waals surface area contributed by atoms with Crippen LogP contribution in [0.4, 0.5) is 0 Å². The maximum absolute atomic E-state index is 12.7. The van der Waals surface area contributed by atoms with Gasteiger partial charge in [-0.1, -0.05) is 122 Å². The second-order valence-electron chi connectivity index (χ2n) is 11.8. The Kier molecular flexibility index (Phi) is 23.8. The van der Waals surface area contributed by atoms with Crippen LogP contribution in [0.15, 0.2) is 12.2 Å². The van der Waals surface area contributed by atoms with E-state index in [4.69, 9.17) is 4.52 Å². The van der Waals surface area contributed by atoms with Gasteiger partial charge in [0.1, 0.15) is 0 Å². The van der Waals surface area contributed by atoms with E-state index in [0.29, 0.717) is 17.5 Å². The Morgan fingerprint density at radius 1 is 0.639 bits per heavy atom. The average molecular weight is 531 g/mol. The molecular formula is C31H65NO3P+. The first-order valence-electron chi connectivity index (χ1n) is 15.7. The lowest BCUT2D eigenvalue weighted by Crippen LogP contribution is -2.45. The third-order valence-corrected chi connectivity index (χ3v) is 9.51. The summed E-state index contributed by atoms with van der Waals surface area (Å²) in [5, 5.41) is 0. The molecule has 0 saturated carbocycles. The van der Waals surface area contributed by atoms with E-state index in [1.165, 1.54) is 103 Å². The molecule has 0 aromatic heterocycles. The Bertz CT molecular complexity index is 544. The van der Waals surface area contributed by atoms with Crippen LogP contribution in [0.5, 0.6) is 0 Å². The SMILES string of the molecule is CCCCCCCCCCCCCCCCC/C=C\CCCCCOP(=O)(O)C(CCC)[N+](C)(C)C. The molecule has 0 aromatic rings. The average Bonchev–Trinajstić information content (AvgIpc) is 2.82. The van der Waals surface area contributed by atoms with E-state index in [0.717, 1.165) is 32.1 Å². The van der Waals surface area contributed by atoms with Crippen LogP contribution in [0, 0.1) is 0 Å². The molecule has 0 bridgehead atoms. The summed E-state index contributed by atoms with van der Waals surface area (Å²) < 4.78 is 18.6. The summed E-state index contributed by atoms with van der Waals surface area (Å²) in [6.45, 7) is 4.73. The monoisotopic (exact) mass is 530 g/mol. The van der Waals surface area contributed by atoms with Gasteiger partial charge in [-0.25, -0.2) is 0 Å². The second kappa shape index (κ2) is 23.9. The number of unbranched alkanes of at least 4 members (excludes halogenated alkanes) is 18. The van der Waals surface area contributed by atoms with E-state index >= 15 is 0 Å². The molecule has 2 unspecified atom stereocenters. The van der Waals surface area contributed by atoms with Gasteiger partial charge in [-0.2, -0.15) is 0 Å². The van der Waals surface area contributed by atoms with E-state index in [1.54, 1.807) is 0 Å². The van der Waals surface area contributed by atoms with Crippen LogP contribution in [-0.4, -0.2) is 42.9 Å². The van der Waals surface area contributed by atoms with Gasteiger partial charge >= 0.3 is 7.60 Å². The smallest absolute Gasteiger partial charge is 0.320 e. The van der Waals surface area contributed by atoms with Gasteiger partial charge in [0.15, 0.2) is 5.78 Å². The fourth-order valence-electron chi connectivity index (χ4n) is 4.94. The van der Waals surface area contributed by atoms with Gasteiger partial charge in [-0.05, 0) is 38.5 Å². The summed E-state index contributed by atoms with van der Waals surface area (Å²) in [6.07, 6.45) is 32.9. The van der Waals surface area contributed by atoms with Crippen LogP contribution < -0.4 is 0 Å². The maximum atomic E-state index is 12.7. The summed E-state index contributed by atoms with van der Waals surface area (Å²) in [6, 6.07) is 0. The minimum atomic E-state index is -3.58. The van der Waals surface area contributed by atoms with E-state index in [2.05, 4.69) is 26.0 Å². The van der Waals surface area contributed by atoms with Gasteiger partial charge in [0.25, 0.3) is 0 Å². The van der Waals surface area contributed by atoms with Crippen molar-refractivity contribution < 1.29 is 18.5 Å². The quantitative estimate of drug-likeness (QED) is 0.0497. The molecule has 216 valence electrons. The highest BCUT2D eigenvalue weighted by atomic mass is 31.2. The van der Waals surface area contributed by atoms with Crippen molar-refractivity contribution in [2.75, 3.05) is 27.7 Å². The zero-order valence-corrected chi connectivity index (χ0v) is 26.0. The summed E-state index contributed by atoms with van der Waals surface area (Å²) >= 11 is 0. The van der Waals surface area contributed by atoms with E-state index < -0.39 is 7.60 Å². The standard InChI is InChI=1S/C31H64NO3P/c1-6-8-9-10-11-12-13-14-15-16-17-18-19-20-21-22-23-24-25-26-27-28-30-35-36(33,34)31(29-7-2)32(3,4)5/h23-24,31H,6-22,25-30H2,1-5H3/p+1/b24-23-. The number of allylic oxidation sites excluding steroid dienone is 2. The largest absolute Gasteiger partial charge is 0.385 e. The van der Waals surface area contributed by atoms with Gasteiger partial charge in [0.05, 0.1) is 27.7 Å². The van der Waals surface area contributed by atoms with Crippen molar-refractivity contribution in [2.24, 2.45) is 0 Å². The number of hydrogen-bond donors (Lipinski definition) is 1. The minimum Gasteiger partial charge on any atom is -0.320 e. The fourth-order valence-corrected chi connectivity index (χ4v) is 6.96. The van der Waals surface area contributed by atoms with Crippen molar-refractivity contribution in [3.8, 4) is 0 Å². The Labute approximate surface area is 226 Å². The molecule has 0 rings (SSSR count). The summed E-state index contributed by atoms with van der Waals surface area (Å²) in [5.74, 6) is -0.342. The highest BCUT2D eigenvalue weighted by molar-refractivity contribution is 7.53. The molecular weight excluding hydrogens is 465 g/mol. The number of quaternary nitrogens is 1. The van der Waals surface area contributed by atoms with Crippen molar-refractivity contribution in [3.05, 3.63) is 12.2 Å². The van der Waals surface area contributed by atoms with Crippen LogP contribution in [0.25, 0.3) is 0 Å². The summed E-state index contributed by atoms with van der Waals surface area (Å²) in [4.78, 5) is 10.4. The molecule has 4 nitrogen and oxygen atoms in total. The van der Waals surface area contributed by atoms with Gasteiger partial charge in [0, 0.05) is 6.42 Å². The van der Waals surface area contributed by atoms with Crippen molar-refractivity contribution in [2.45, 2.75) is 161 Å². The first kappa shape index (κ1) is 35.9. The van der Waals surface area contributed by atoms with Gasteiger partial charge < -0.3 is 13.9 Å². The zero-order chi connectivity index (χ0) is 27.0. The van der Waals surface area contributed by atoms with Crippen molar-refractivity contribution in [3.63, 3.8) is 0 Å². The lowest BCUT2D eigenvalue weighted by Gasteiger charge is -2.35. The Balaban J connectivity index is 3.47. The van der Waals surface area contributed by atoms with Crippen LogP contribution in [-0.2, 0) is 9.09 Å². The van der Waals surface area contributed by atoms with E-state index in [9.17, 15) is 9.46 Å². The molecule has 0 aliphatic heterocycles. The lowest BCUT2D eigenvalue weighted by molar-refractivity contribution is -0.883. The first-order chi connectivity index (χ1) is 17.3. The predicted octanol–water partition coefficient (Wildman–Crippen LogP) is 10.4. The minimum absolute atomic E-state index is 0.342. The molecule has 0 radical (unpaired) electrons. The summed E-state index contributed by atoms with van der Waals surface area (Å²) in [5.41, 5.74) is 0. The molecule has 0 aliphatic carbocycles. The highest BCUT2D eigenvalue weighted by Gasteiger charge is 2.41. The molecule has 2 atom stereocenters. The molecule has 0 heterocycles. The Morgan fingerprint density at radius 2 is 1.03 bits per heavy atom. The van der Waals surface area contributed by atoms with Crippen LogP contribution in [0.3, 0.4) is 0 Å². The predicted molar refractivity (Wildman–Crippen MR) is 160 cm³/mol. The fraction of sp³-hybridized carbons (Fsp3) is 0.935. The molecule has 1 N–H and O–H groups in total. The molecule has 0 fully saturated rings. The topological polar surface area (TPSA) is 46.5 Å². The van der Waals surface area contributed by atoms with Crippen molar-refractivity contribution in [1.29, 1.82) is 0 Å². The van der Waals surface area contributed by atoms with Gasteiger partial charge in [0.2, 0.25) is 0 Å². The zero-order valence-electron chi connectivity index (χ0n) is 25.2. The third kappa shape index (κ3) is 21.9. The van der Waals surface area contributed by atoms with Gasteiger partial charge in [-0.3, -0.25) is 4.57 Å². The normalized spacial score (nSPS) is 14.9. The number of hydrogen-bond acceptors (Lipinski definition) is 2. The van der Waals surface area contributed by atoms with Crippen LogP contribution in [0.1, 0.15) is 155 Å². The van der Waals surface area contributed by atoms with Crippen LogP contribution in [0.2, 0.25) is 0 Å². The van der Waals surface area contributed by atoms with Crippen molar-refractivity contribution in [1.82, 2.24) is 0 Å². The Hall–Kier alpha value is -0.150. The third-order valence-electron chi connectivity index (χ3n) is 7.25. The molecule has 0 aliphatic rings. The van der Waals surface area contributed by atoms with E-state index in [1.807, 2.05) is 21.1 Å². The van der Waals surface area contributed by atoms with E-state index in [-0.39, 0.29) is 5.78 Å². The number of nitrogens with zero attached hydrogens (tertiary/aromatic N) is 1.